The molecule has 0 heterocycles. The van der Waals surface area contributed by atoms with Gasteiger partial charge in [-0.05, 0) is 65.4 Å². The molecule has 1 N–H and O–H groups in total. The van der Waals surface area contributed by atoms with Gasteiger partial charge in [0, 0.05) is 16.3 Å². The van der Waals surface area contributed by atoms with Gasteiger partial charge in [0.2, 0.25) is 15.9 Å². The number of carbonyl (C=O) groups is 1. The maximum absolute atomic E-state index is 12.4. The first-order valence-corrected chi connectivity index (χ1v) is 9.40. The molecule has 0 fully saturated rings. The van der Waals surface area contributed by atoms with Gasteiger partial charge < -0.3 is 5.32 Å². The molecule has 7 heteroatoms. The zero-order valence-electron chi connectivity index (χ0n) is 12.8. The monoisotopic (exact) mass is 444 g/mol. The third kappa shape index (κ3) is 4.52. The number of likely N-dealkylation sites (N-methyl/N-ethyl adjacent to an activating group) is 1. The zero-order chi connectivity index (χ0) is 17.0. The Hall–Kier alpha value is -1.45. The molecule has 2 aromatic rings. The van der Waals surface area contributed by atoms with E-state index < -0.39 is 10.0 Å². The van der Waals surface area contributed by atoms with Gasteiger partial charge in [0.25, 0.3) is 0 Å². The molecule has 0 aliphatic carbocycles. The van der Waals surface area contributed by atoms with Crippen molar-refractivity contribution in [3.63, 3.8) is 0 Å². The summed E-state index contributed by atoms with van der Waals surface area (Å²) < 4.78 is 26.9. The molecule has 0 aliphatic rings. The molecule has 122 valence electrons. The van der Waals surface area contributed by atoms with Crippen molar-refractivity contribution < 1.29 is 13.2 Å². The second-order valence-corrected chi connectivity index (χ2v) is 8.37. The highest BCUT2D eigenvalue weighted by atomic mass is 127. The minimum absolute atomic E-state index is 0.167. The maximum Gasteiger partial charge on any atom is 0.243 e. The average Bonchev–Trinajstić information content (AvgIpc) is 2.51. The fourth-order valence-corrected chi connectivity index (χ4v) is 3.81. The number of sulfonamides is 1. The summed E-state index contributed by atoms with van der Waals surface area (Å²) >= 11 is 2.19. The van der Waals surface area contributed by atoms with E-state index in [1.807, 2.05) is 19.1 Å². The largest absolute Gasteiger partial charge is 0.325 e. The molecule has 23 heavy (non-hydrogen) atoms. The number of amides is 1. The third-order valence-electron chi connectivity index (χ3n) is 3.28. The highest BCUT2D eigenvalue weighted by Crippen LogP contribution is 2.18. The molecule has 0 unspecified atom stereocenters. The van der Waals surface area contributed by atoms with Crippen LogP contribution in [-0.2, 0) is 14.8 Å². The van der Waals surface area contributed by atoms with Crippen molar-refractivity contribution >= 4 is 44.2 Å². The Morgan fingerprint density at radius 2 is 1.83 bits per heavy atom. The summed E-state index contributed by atoms with van der Waals surface area (Å²) in [7, 11) is -2.28. The lowest BCUT2D eigenvalue weighted by molar-refractivity contribution is -0.116. The fraction of sp³-hybridized carbons (Fsp3) is 0.188. The Bertz CT molecular complexity index is 807. The first-order valence-electron chi connectivity index (χ1n) is 6.88. The van der Waals surface area contributed by atoms with Gasteiger partial charge in [0.1, 0.15) is 0 Å². The first-order chi connectivity index (χ1) is 10.8. The molecular formula is C16H17IN2O3S. The Morgan fingerprint density at radius 1 is 1.17 bits per heavy atom. The topological polar surface area (TPSA) is 66.5 Å². The van der Waals surface area contributed by atoms with Gasteiger partial charge in [-0.3, -0.25) is 4.79 Å². The van der Waals surface area contributed by atoms with Gasteiger partial charge in [-0.1, -0.05) is 18.2 Å². The van der Waals surface area contributed by atoms with E-state index in [2.05, 4.69) is 27.9 Å². The summed E-state index contributed by atoms with van der Waals surface area (Å²) in [4.78, 5) is 12.3. The number of hydrogen-bond acceptors (Lipinski definition) is 3. The van der Waals surface area contributed by atoms with Gasteiger partial charge in [-0.2, -0.15) is 4.31 Å². The van der Waals surface area contributed by atoms with Crippen LogP contribution in [0.2, 0.25) is 0 Å². The van der Waals surface area contributed by atoms with Crippen LogP contribution in [0.15, 0.2) is 53.4 Å². The van der Waals surface area contributed by atoms with Crippen LogP contribution in [0.25, 0.3) is 0 Å². The number of halogens is 1. The van der Waals surface area contributed by atoms with E-state index in [1.54, 1.807) is 24.3 Å². The highest BCUT2D eigenvalue weighted by Gasteiger charge is 2.22. The van der Waals surface area contributed by atoms with Crippen molar-refractivity contribution in [1.82, 2.24) is 4.31 Å². The van der Waals surface area contributed by atoms with Crippen molar-refractivity contribution in [2.45, 2.75) is 11.8 Å². The quantitative estimate of drug-likeness (QED) is 0.722. The summed E-state index contributed by atoms with van der Waals surface area (Å²) in [6.07, 6.45) is 0. The SMILES string of the molecule is Cc1cc(I)ccc1NC(=O)CN(C)S(=O)(=O)c1ccccc1. The van der Waals surface area contributed by atoms with Crippen LogP contribution >= 0.6 is 22.6 Å². The molecule has 2 aromatic carbocycles. The second kappa shape index (κ2) is 7.41. The molecule has 0 radical (unpaired) electrons. The van der Waals surface area contributed by atoms with Crippen LogP contribution < -0.4 is 5.32 Å². The smallest absolute Gasteiger partial charge is 0.243 e. The summed E-state index contributed by atoms with van der Waals surface area (Å²) in [5, 5.41) is 2.74. The Kier molecular flexibility index (Phi) is 5.77. The van der Waals surface area contributed by atoms with Crippen LogP contribution in [0.1, 0.15) is 5.56 Å². The number of nitrogens with zero attached hydrogens (tertiary/aromatic N) is 1. The highest BCUT2D eigenvalue weighted by molar-refractivity contribution is 14.1. The van der Waals surface area contributed by atoms with E-state index in [0.717, 1.165) is 13.4 Å². The molecule has 0 aromatic heterocycles. The Morgan fingerprint density at radius 3 is 2.43 bits per heavy atom. The van der Waals surface area contributed by atoms with Gasteiger partial charge in [0.15, 0.2) is 0 Å². The molecule has 5 nitrogen and oxygen atoms in total. The lowest BCUT2D eigenvalue weighted by Crippen LogP contribution is -2.35. The van der Waals surface area contributed by atoms with E-state index in [1.165, 1.54) is 19.2 Å². The number of anilines is 1. The minimum Gasteiger partial charge on any atom is -0.325 e. The van der Waals surface area contributed by atoms with Crippen LogP contribution in [0, 0.1) is 10.5 Å². The predicted octanol–water partition coefficient (Wildman–Crippen LogP) is 2.86. The molecule has 0 saturated heterocycles. The van der Waals surface area contributed by atoms with E-state index in [0.29, 0.717) is 5.69 Å². The number of rotatable bonds is 5. The van der Waals surface area contributed by atoms with E-state index >= 15 is 0 Å². The molecule has 1 amide bonds. The van der Waals surface area contributed by atoms with Gasteiger partial charge in [-0.15, -0.1) is 0 Å². The van der Waals surface area contributed by atoms with Crippen LogP contribution in [0.5, 0.6) is 0 Å². The van der Waals surface area contributed by atoms with E-state index in [4.69, 9.17) is 0 Å². The van der Waals surface area contributed by atoms with Gasteiger partial charge in [-0.25, -0.2) is 8.42 Å². The normalized spacial score (nSPS) is 11.5. The van der Waals surface area contributed by atoms with Gasteiger partial charge >= 0.3 is 0 Å². The number of carbonyl (C=O) groups excluding carboxylic acids is 1. The van der Waals surface area contributed by atoms with Gasteiger partial charge in [0.05, 0.1) is 11.4 Å². The summed E-state index contributed by atoms with van der Waals surface area (Å²) in [5.74, 6) is -0.378. The Balaban J connectivity index is 2.08. The van der Waals surface area contributed by atoms with Crippen molar-refractivity contribution in [2.24, 2.45) is 0 Å². The Labute approximate surface area is 149 Å². The first kappa shape index (κ1) is 17.9. The molecule has 0 bridgehead atoms. The van der Waals surface area contributed by atoms with Crippen molar-refractivity contribution in [3.8, 4) is 0 Å². The average molecular weight is 444 g/mol. The van der Waals surface area contributed by atoms with Crippen LogP contribution in [0.3, 0.4) is 0 Å². The summed E-state index contributed by atoms with van der Waals surface area (Å²) in [5.41, 5.74) is 1.61. The second-order valence-electron chi connectivity index (χ2n) is 5.08. The summed E-state index contributed by atoms with van der Waals surface area (Å²) in [6.45, 7) is 1.64. The number of aryl methyl sites for hydroxylation is 1. The summed E-state index contributed by atoms with van der Waals surface area (Å²) in [6, 6.07) is 13.7. The van der Waals surface area contributed by atoms with Crippen LogP contribution in [0.4, 0.5) is 5.69 Å². The lowest BCUT2D eigenvalue weighted by Gasteiger charge is -2.17. The number of hydrogen-bond donors (Lipinski definition) is 1. The number of benzene rings is 2. The van der Waals surface area contributed by atoms with E-state index in [9.17, 15) is 13.2 Å². The van der Waals surface area contributed by atoms with E-state index in [-0.39, 0.29) is 17.3 Å². The zero-order valence-corrected chi connectivity index (χ0v) is 15.8. The van der Waals surface area contributed by atoms with Crippen molar-refractivity contribution in [1.29, 1.82) is 0 Å². The van der Waals surface area contributed by atoms with Crippen molar-refractivity contribution in [2.75, 3.05) is 18.9 Å². The van der Waals surface area contributed by atoms with Crippen LogP contribution in [-0.4, -0.2) is 32.2 Å². The molecule has 2 rings (SSSR count). The fourth-order valence-electron chi connectivity index (χ4n) is 2.02. The predicted molar refractivity (Wildman–Crippen MR) is 98.8 cm³/mol. The molecule has 0 aliphatic heterocycles. The maximum atomic E-state index is 12.4. The molecule has 0 spiro atoms. The number of nitrogens with one attached hydrogen (secondary N) is 1. The third-order valence-corrected chi connectivity index (χ3v) is 5.77. The molecule has 0 atom stereocenters. The minimum atomic E-state index is -3.67. The standard InChI is InChI=1S/C16H17IN2O3S/c1-12-10-13(17)8-9-15(12)18-16(20)11-19(2)23(21,22)14-6-4-3-5-7-14/h3-10H,11H2,1-2H3,(H,18,20). The molecular weight excluding hydrogens is 427 g/mol. The lowest BCUT2D eigenvalue weighted by atomic mass is 10.2. The molecule has 0 saturated carbocycles. The van der Waals surface area contributed by atoms with Crippen molar-refractivity contribution in [3.05, 3.63) is 57.7 Å².